The van der Waals surface area contributed by atoms with Crippen molar-refractivity contribution in [3.63, 3.8) is 0 Å². The summed E-state index contributed by atoms with van der Waals surface area (Å²) in [4.78, 5) is 53.6. The molecule has 1 aliphatic heterocycles. The number of fused-ring (bicyclic) bond motifs is 5. The second-order valence-electron chi connectivity index (χ2n) is 9.94. The number of benzene rings is 2. The lowest BCUT2D eigenvalue weighted by molar-refractivity contribution is -0.160. The Hall–Kier alpha value is -3.48. The minimum absolute atomic E-state index is 0.161. The molecule has 35 heavy (non-hydrogen) atoms. The second kappa shape index (κ2) is 9.64. The highest BCUT2D eigenvalue weighted by atomic mass is 16.5. The number of imide groups is 1. The Labute approximate surface area is 204 Å². The molecule has 0 aromatic heterocycles. The Morgan fingerprint density at radius 1 is 0.943 bits per heavy atom. The molecule has 7 heteroatoms. The van der Waals surface area contributed by atoms with Gasteiger partial charge in [0.25, 0.3) is 5.91 Å². The van der Waals surface area contributed by atoms with Crippen molar-refractivity contribution in [2.75, 3.05) is 6.61 Å². The minimum Gasteiger partial charge on any atom is -0.454 e. The molecule has 6 atom stereocenters. The molecule has 0 spiro atoms. The maximum Gasteiger partial charge on any atom is 0.330 e. The van der Waals surface area contributed by atoms with Crippen LogP contribution >= 0.6 is 0 Å². The molecule has 0 unspecified atom stereocenters. The Balaban J connectivity index is 1.29. The van der Waals surface area contributed by atoms with Crippen molar-refractivity contribution in [1.29, 1.82) is 0 Å². The molecule has 1 saturated heterocycles. The third-order valence-electron chi connectivity index (χ3n) is 7.84. The van der Waals surface area contributed by atoms with E-state index < -0.39 is 24.5 Å². The Morgan fingerprint density at radius 2 is 1.51 bits per heavy atom. The summed E-state index contributed by atoms with van der Waals surface area (Å²) in [6.07, 6.45) is 3.01. The molecule has 2 saturated carbocycles. The summed E-state index contributed by atoms with van der Waals surface area (Å²) in [6, 6.07) is 17.4. The van der Waals surface area contributed by atoms with Crippen molar-refractivity contribution >= 4 is 23.7 Å². The van der Waals surface area contributed by atoms with Crippen molar-refractivity contribution in [1.82, 2.24) is 10.2 Å². The van der Waals surface area contributed by atoms with Crippen LogP contribution in [0.1, 0.15) is 43.4 Å². The van der Waals surface area contributed by atoms with Crippen LogP contribution in [0.3, 0.4) is 0 Å². The number of amides is 3. The van der Waals surface area contributed by atoms with Crippen LogP contribution in [0.4, 0.5) is 0 Å². The molecule has 3 amide bonds. The maximum atomic E-state index is 13.4. The Bertz CT molecular complexity index is 1090. The maximum absolute atomic E-state index is 13.4. The molecule has 2 aromatic rings. The molecule has 3 fully saturated rings. The van der Waals surface area contributed by atoms with Crippen molar-refractivity contribution in [3.05, 3.63) is 71.8 Å². The van der Waals surface area contributed by atoms with Crippen molar-refractivity contribution < 1.29 is 23.9 Å². The van der Waals surface area contributed by atoms with Gasteiger partial charge in [0.1, 0.15) is 6.04 Å². The summed E-state index contributed by atoms with van der Waals surface area (Å²) in [5.74, 6) is -1.87. The van der Waals surface area contributed by atoms with Crippen LogP contribution in [0, 0.1) is 23.7 Å². The number of esters is 1. The summed E-state index contributed by atoms with van der Waals surface area (Å²) in [7, 11) is 0. The number of nitrogens with zero attached hydrogens (tertiary/aromatic N) is 1. The highest BCUT2D eigenvalue weighted by molar-refractivity contribution is 6.08. The highest BCUT2D eigenvalue weighted by Crippen LogP contribution is 2.56. The van der Waals surface area contributed by atoms with Crippen molar-refractivity contribution in [2.24, 2.45) is 23.7 Å². The van der Waals surface area contributed by atoms with E-state index in [-0.39, 0.29) is 47.9 Å². The fourth-order valence-electron chi connectivity index (χ4n) is 6.20. The molecule has 2 bridgehead atoms. The highest BCUT2D eigenvalue weighted by Gasteiger charge is 2.62. The topological polar surface area (TPSA) is 92.8 Å². The first kappa shape index (κ1) is 23.3. The van der Waals surface area contributed by atoms with E-state index in [1.54, 1.807) is 0 Å². The first-order chi connectivity index (χ1) is 16.9. The molecule has 1 N–H and O–H groups in total. The third kappa shape index (κ3) is 4.47. The van der Waals surface area contributed by atoms with Crippen molar-refractivity contribution in [2.45, 2.75) is 44.7 Å². The normalized spacial score (nSPS) is 26.4. The smallest absolute Gasteiger partial charge is 0.330 e. The molecular formula is C28H30N2O5. The van der Waals surface area contributed by atoms with Gasteiger partial charge in [-0.05, 0) is 49.1 Å². The lowest BCUT2D eigenvalue weighted by Gasteiger charge is -2.26. The quantitative estimate of drug-likeness (QED) is 0.469. The molecule has 2 aromatic carbocycles. The van der Waals surface area contributed by atoms with Gasteiger partial charge in [-0.25, -0.2) is 4.79 Å². The summed E-state index contributed by atoms with van der Waals surface area (Å²) in [6.45, 7) is 1.37. The van der Waals surface area contributed by atoms with E-state index in [2.05, 4.69) is 5.32 Å². The van der Waals surface area contributed by atoms with Gasteiger partial charge in [-0.3, -0.25) is 19.3 Å². The summed E-state index contributed by atoms with van der Waals surface area (Å²) in [5, 5.41) is 2.82. The lowest BCUT2D eigenvalue weighted by Crippen LogP contribution is -2.48. The van der Waals surface area contributed by atoms with Gasteiger partial charge in [-0.1, -0.05) is 60.7 Å². The van der Waals surface area contributed by atoms with Gasteiger partial charge < -0.3 is 10.1 Å². The number of nitrogens with one attached hydrogen (secondary N) is 1. The predicted molar refractivity (Wildman–Crippen MR) is 128 cm³/mol. The average Bonchev–Trinajstić information content (AvgIpc) is 3.56. The molecule has 7 nitrogen and oxygen atoms in total. The molecule has 1 heterocycles. The van der Waals surface area contributed by atoms with E-state index in [1.165, 1.54) is 0 Å². The van der Waals surface area contributed by atoms with Crippen LogP contribution in [-0.4, -0.2) is 41.2 Å². The fraction of sp³-hybridized carbons (Fsp3) is 0.429. The molecule has 182 valence electrons. The Morgan fingerprint density at radius 3 is 2.11 bits per heavy atom. The molecular weight excluding hydrogens is 444 g/mol. The summed E-state index contributed by atoms with van der Waals surface area (Å²) in [5.41, 5.74) is 1.75. The van der Waals surface area contributed by atoms with Crippen LogP contribution in [-0.2, 0) is 30.3 Å². The lowest BCUT2D eigenvalue weighted by atomic mass is 9.81. The van der Waals surface area contributed by atoms with Gasteiger partial charge in [-0.2, -0.15) is 0 Å². The number of hydrogen-bond donors (Lipinski definition) is 1. The van der Waals surface area contributed by atoms with Crippen LogP contribution in [0.25, 0.3) is 0 Å². The summed E-state index contributed by atoms with van der Waals surface area (Å²) >= 11 is 0. The van der Waals surface area contributed by atoms with Crippen LogP contribution in [0.15, 0.2) is 60.7 Å². The van der Waals surface area contributed by atoms with Crippen LogP contribution in [0.5, 0.6) is 0 Å². The third-order valence-corrected chi connectivity index (χ3v) is 7.84. The first-order valence-corrected chi connectivity index (χ1v) is 12.4. The summed E-state index contributed by atoms with van der Waals surface area (Å²) < 4.78 is 5.38. The monoisotopic (exact) mass is 474 g/mol. The van der Waals surface area contributed by atoms with Crippen LogP contribution in [0.2, 0.25) is 0 Å². The van der Waals surface area contributed by atoms with Crippen molar-refractivity contribution in [3.8, 4) is 0 Å². The van der Waals surface area contributed by atoms with E-state index in [9.17, 15) is 19.2 Å². The predicted octanol–water partition coefficient (Wildman–Crippen LogP) is 3.05. The van der Waals surface area contributed by atoms with Crippen LogP contribution < -0.4 is 5.32 Å². The van der Waals surface area contributed by atoms with E-state index >= 15 is 0 Å². The molecule has 0 radical (unpaired) electrons. The number of ether oxygens (including phenoxy) is 1. The average molecular weight is 475 g/mol. The van der Waals surface area contributed by atoms with E-state index in [0.717, 1.165) is 35.3 Å². The molecule has 5 rings (SSSR count). The number of likely N-dealkylation sites (tertiary alicyclic amines) is 1. The minimum atomic E-state index is -1.08. The van der Waals surface area contributed by atoms with E-state index in [4.69, 9.17) is 4.74 Å². The number of hydrogen-bond acceptors (Lipinski definition) is 5. The van der Waals surface area contributed by atoms with E-state index in [0.29, 0.717) is 0 Å². The standard InChI is InChI=1S/C28H30N2O5/c1-17(19-10-6-3-7-11-19)29-23(31)16-35-28(34)22(14-18-8-4-2-5-9-18)30-26(32)24-20-12-13-21(15-20)25(24)27(30)33/h2-11,17,20-22,24-25H,12-16H2,1H3,(H,29,31)/t17-,20-,21-,22-,24+,25+/m0/s1. The van der Waals surface area contributed by atoms with Gasteiger partial charge in [-0.15, -0.1) is 0 Å². The zero-order valence-electron chi connectivity index (χ0n) is 19.8. The van der Waals surface area contributed by atoms with Gasteiger partial charge in [0.2, 0.25) is 11.8 Å². The SMILES string of the molecule is C[C@H](NC(=O)COC(=O)[C@H](Cc1ccccc1)N1C(=O)[C@@H]2[C@H]3CC[C@@H](C3)[C@H]2C1=O)c1ccccc1. The zero-order valence-corrected chi connectivity index (χ0v) is 19.8. The largest absolute Gasteiger partial charge is 0.454 e. The first-order valence-electron chi connectivity index (χ1n) is 12.4. The molecule has 2 aliphatic carbocycles. The van der Waals surface area contributed by atoms with Gasteiger partial charge in [0.15, 0.2) is 6.61 Å². The number of rotatable bonds is 8. The number of carbonyl (C=O) groups excluding carboxylic acids is 4. The van der Waals surface area contributed by atoms with Gasteiger partial charge >= 0.3 is 5.97 Å². The van der Waals surface area contributed by atoms with E-state index in [1.807, 2.05) is 67.6 Å². The zero-order chi connectivity index (χ0) is 24.5. The number of carbonyl (C=O) groups is 4. The molecule has 3 aliphatic rings. The van der Waals surface area contributed by atoms with Gasteiger partial charge in [0.05, 0.1) is 17.9 Å². The van der Waals surface area contributed by atoms with Gasteiger partial charge in [0, 0.05) is 6.42 Å². The fourth-order valence-corrected chi connectivity index (χ4v) is 6.20. The Kier molecular flexibility index (Phi) is 6.41. The second-order valence-corrected chi connectivity index (χ2v) is 9.94.